The van der Waals surface area contributed by atoms with Crippen molar-refractivity contribution in [1.82, 2.24) is 4.90 Å². The van der Waals surface area contributed by atoms with Crippen molar-refractivity contribution < 1.29 is 18.8 Å². The van der Waals surface area contributed by atoms with E-state index in [1.54, 1.807) is 17.0 Å². The monoisotopic (exact) mass is 435 g/mol. The van der Waals surface area contributed by atoms with Gasteiger partial charge in [-0.1, -0.05) is 31.2 Å². The van der Waals surface area contributed by atoms with E-state index >= 15 is 0 Å². The Morgan fingerprint density at radius 2 is 1.72 bits per heavy atom. The Morgan fingerprint density at radius 1 is 1.00 bits per heavy atom. The molecular weight excluding hydrogens is 404 g/mol. The Hall–Kier alpha value is -3.12. The molecule has 1 aromatic heterocycles. The summed E-state index contributed by atoms with van der Waals surface area (Å²) in [6, 6.07) is 14.4. The fraction of sp³-hybridized carbons (Fsp3) is 0.385. The summed E-state index contributed by atoms with van der Waals surface area (Å²) in [5.41, 5.74) is 1.63. The lowest BCUT2D eigenvalue weighted by molar-refractivity contribution is -0.895. The summed E-state index contributed by atoms with van der Waals surface area (Å²) in [6.45, 7) is 10.3. The van der Waals surface area contributed by atoms with Gasteiger partial charge in [0.05, 0.1) is 49.8 Å². The molecule has 2 aromatic carbocycles. The number of hydrogen-bond acceptors (Lipinski definition) is 4. The normalized spacial score (nSPS) is 15.6. The predicted octanol–water partition coefficient (Wildman–Crippen LogP) is 3.05. The van der Waals surface area contributed by atoms with Crippen LogP contribution in [-0.2, 0) is 0 Å². The number of hydrogen-bond donors (Lipinski definition) is 1. The van der Waals surface area contributed by atoms with Gasteiger partial charge in [-0.25, -0.2) is 0 Å². The zero-order valence-corrected chi connectivity index (χ0v) is 19.0. The number of rotatable bonds is 9. The molecule has 1 aliphatic rings. The summed E-state index contributed by atoms with van der Waals surface area (Å²) >= 11 is 0. The van der Waals surface area contributed by atoms with Crippen molar-refractivity contribution in [2.24, 2.45) is 0 Å². The minimum atomic E-state index is -0.464. The van der Waals surface area contributed by atoms with E-state index in [0.29, 0.717) is 29.7 Å². The van der Waals surface area contributed by atoms with E-state index in [1.165, 1.54) is 4.90 Å². The molecule has 1 aliphatic heterocycles. The number of nitrogens with zero attached hydrogens (tertiary/aromatic N) is 1. The Labute approximate surface area is 188 Å². The maximum absolute atomic E-state index is 13.5. The topological polar surface area (TPSA) is 64.2 Å². The lowest BCUT2D eigenvalue weighted by atomic mass is 9.98. The van der Waals surface area contributed by atoms with Gasteiger partial charge in [-0.15, -0.1) is 0 Å². The Bertz CT molecular complexity index is 1150. The number of fused-ring (bicyclic) bond motifs is 2. The van der Waals surface area contributed by atoms with E-state index in [9.17, 15) is 9.59 Å². The van der Waals surface area contributed by atoms with Gasteiger partial charge in [0.1, 0.15) is 11.3 Å². The molecule has 6 nitrogen and oxygen atoms in total. The number of amides is 1. The van der Waals surface area contributed by atoms with Crippen LogP contribution in [0.1, 0.15) is 54.9 Å². The molecule has 0 spiro atoms. The molecule has 0 saturated heterocycles. The molecule has 1 amide bonds. The molecule has 168 valence electrons. The Kier molecular flexibility index (Phi) is 6.61. The third kappa shape index (κ3) is 4.02. The minimum absolute atomic E-state index is 0.135. The number of benzene rings is 2. The molecule has 0 radical (unpaired) electrons. The van der Waals surface area contributed by atoms with Crippen LogP contribution in [0, 0.1) is 0 Å². The second-order valence-electron chi connectivity index (χ2n) is 8.20. The highest BCUT2D eigenvalue weighted by Crippen LogP contribution is 2.38. The molecule has 4 rings (SSSR count). The predicted molar refractivity (Wildman–Crippen MR) is 125 cm³/mol. The summed E-state index contributed by atoms with van der Waals surface area (Å²) in [5.74, 6) is 0.732. The third-order valence-corrected chi connectivity index (χ3v) is 6.25. The van der Waals surface area contributed by atoms with Gasteiger partial charge < -0.3 is 19.0 Å². The van der Waals surface area contributed by atoms with Crippen LogP contribution in [0.2, 0.25) is 0 Å². The standard InChI is InChI=1S/C26H30N2O4/c1-4-17-31-19-13-11-18(12-14-19)23-22-24(29)20-9-7-8-10-21(20)32-25(22)26(30)28(23)16-15-27(5-2)6-3/h7-14,23H,4-6,15-17H2,1-3H3/p+1/t23-/m0/s1. The fourth-order valence-electron chi connectivity index (χ4n) is 4.39. The van der Waals surface area contributed by atoms with E-state index in [2.05, 4.69) is 20.8 Å². The molecule has 1 atom stereocenters. The zero-order chi connectivity index (χ0) is 22.7. The largest absolute Gasteiger partial charge is 0.494 e. The third-order valence-electron chi connectivity index (χ3n) is 6.25. The van der Waals surface area contributed by atoms with Crippen molar-refractivity contribution in [1.29, 1.82) is 0 Å². The highest BCUT2D eigenvalue weighted by molar-refractivity contribution is 5.99. The molecule has 0 bridgehead atoms. The van der Waals surface area contributed by atoms with Crippen LogP contribution in [0.4, 0.5) is 0 Å². The van der Waals surface area contributed by atoms with Crippen LogP contribution in [0.15, 0.2) is 57.7 Å². The van der Waals surface area contributed by atoms with Crippen LogP contribution in [0.5, 0.6) is 5.75 Å². The summed E-state index contributed by atoms with van der Waals surface area (Å²) < 4.78 is 11.7. The molecule has 3 aromatic rings. The van der Waals surface area contributed by atoms with E-state index in [4.69, 9.17) is 9.15 Å². The van der Waals surface area contributed by atoms with Crippen LogP contribution in [-0.4, -0.2) is 43.6 Å². The summed E-state index contributed by atoms with van der Waals surface area (Å²) in [4.78, 5) is 30.1. The van der Waals surface area contributed by atoms with Gasteiger partial charge in [-0.05, 0) is 50.1 Å². The second-order valence-corrected chi connectivity index (χ2v) is 8.20. The maximum atomic E-state index is 13.5. The Morgan fingerprint density at radius 3 is 2.41 bits per heavy atom. The molecule has 2 heterocycles. The van der Waals surface area contributed by atoms with Crippen LogP contribution >= 0.6 is 0 Å². The number of para-hydroxylation sites is 1. The van der Waals surface area contributed by atoms with E-state index < -0.39 is 6.04 Å². The molecule has 32 heavy (non-hydrogen) atoms. The first kappa shape index (κ1) is 22.1. The van der Waals surface area contributed by atoms with Gasteiger partial charge in [0, 0.05) is 0 Å². The van der Waals surface area contributed by atoms with Crippen LogP contribution < -0.4 is 15.1 Å². The van der Waals surface area contributed by atoms with Crippen molar-refractivity contribution in [3.63, 3.8) is 0 Å². The van der Waals surface area contributed by atoms with E-state index in [1.807, 2.05) is 36.4 Å². The number of carbonyl (C=O) groups excluding carboxylic acids is 1. The fourth-order valence-corrected chi connectivity index (χ4v) is 4.39. The second kappa shape index (κ2) is 9.57. The molecule has 0 unspecified atom stereocenters. The lowest BCUT2D eigenvalue weighted by Gasteiger charge is -2.27. The summed E-state index contributed by atoms with van der Waals surface area (Å²) in [7, 11) is 0. The molecular formula is C26H31N2O4+. The SMILES string of the molecule is CCCOc1ccc([C@H]2c3c(oc4ccccc4c3=O)C(=O)N2CC[NH+](CC)CC)cc1. The first-order valence-electron chi connectivity index (χ1n) is 11.5. The molecule has 0 saturated carbocycles. The average Bonchev–Trinajstić information content (AvgIpc) is 3.10. The van der Waals surface area contributed by atoms with Crippen molar-refractivity contribution in [2.45, 2.75) is 33.2 Å². The van der Waals surface area contributed by atoms with Crippen LogP contribution in [0.25, 0.3) is 11.0 Å². The minimum Gasteiger partial charge on any atom is -0.494 e. The van der Waals surface area contributed by atoms with Gasteiger partial charge in [0.15, 0.2) is 5.43 Å². The molecule has 0 aliphatic carbocycles. The number of carbonyl (C=O) groups is 1. The van der Waals surface area contributed by atoms with Gasteiger partial charge in [-0.2, -0.15) is 0 Å². The van der Waals surface area contributed by atoms with Crippen molar-refractivity contribution in [3.8, 4) is 5.75 Å². The van der Waals surface area contributed by atoms with Crippen LogP contribution in [0.3, 0.4) is 0 Å². The average molecular weight is 436 g/mol. The van der Waals surface area contributed by atoms with Crippen molar-refractivity contribution >= 4 is 16.9 Å². The highest BCUT2D eigenvalue weighted by atomic mass is 16.5. The Balaban J connectivity index is 1.79. The zero-order valence-electron chi connectivity index (χ0n) is 19.0. The smallest absolute Gasteiger partial charge is 0.291 e. The van der Waals surface area contributed by atoms with Gasteiger partial charge in [0.25, 0.3) is 5.91 Å². The molecule has 0 fully saturated rings. The quantitative estimate of drug-likeness (QED) is 0.561. The van der Waals surface area contributed by atoms with Crippen molar-refractivity contribution in [2.75, 3.05) is 32.8 Å². The van der Waals surface area contributed by atoms with Gasteiger partial charge in [-0.3, -0.25) is 9.59 Å². The number of ether oxygens (including phenoxy) is 1. The highest BCUT2D eigenvalue weighted by Gasteiger charge is 2.42. The van der Waals surface area contributed by atoms with Gasteiger partial charge in [0.2, 0.25) is 5.76 Å². The molecule has 6 heteroatoms. The summed E-state index contributed by atoms with van der Waals surface area (Å²) in [5, 5.41) is 0.503. The first-order valence-corrected chi connectivity index (χ1v) is 11.5. The number of nitrogens with one attached hydrogen (secondary N) is 1. The first-order chi connectivity index (χ1) is 15.6. The number of likely N-dealkylation sites (N-methyl/N-ethyl adjacent to an activating group) is 1. The summed E-state index contributed by atoms with van der Waals surface area (Å²) in [6.07, 6.45) is 0.932. The van der Waals surface area contributed by atoms with E-state index in [0.717, 1.165) is 37.4 Å². The van der Waals surface area contributed by atoms with Crippen molar-refractivity contribution in [3.05, 3.63) is 75.6 Å². The van der Waals surface area contributed by atoms with E-state index in [-0.39, 0.29) is 17.1 Å². The lowest BCUT2D eigenvalue weighted by Crippen LogP contribution is -3.12. The maximum Gasteiger partial charge on any atom is 0.291 e. The molecule has 1 N–H and O–H groups in total. The number of quaternary nitrogens is 1. The van der Waals surface area contributed by atoms with Gasteiger partial charge >= 0.3 is 0 Å².